The molecule has 1 heterocycles. The van der Waals surface area contributed by atoms with E-state index in [0.29, 0.717) is 0 Å². The summed E-state index contributed by atoms with van der Waals surface area (Å²) in [6.45, 7) is 4.30. The van der Waals surface area contributed by atoms with Crippen molar-refractivity contribution in [3.05, 3.63) is 89.0 Å². The third-order valence-corrected chi connectivity index (χ3v) is 6.05. The quantitative estimate of drug-likeness (QED) is 0.390. The Morgan fingerprint density at radius 2 is 1.50 bits per heavy atom. The van der Waals surface area contributed by atoms with Crippen LogP contribution >= 0.6 is 11.3 Å². The molecule has 0 aliphatic heterocycles. The van der Waals surface area contributed by atoms with Crippen LogP contribution in [0.25, 0.3) is 20.5 Å². The summed E-state index contributed by atoms with van der Waals surface area (Å²) < 4.78 is 6.66. The largest absolute Gasteiger partial charge is 0.497 e. The van der Waals surface area contributed by atoms with Crippen molar-refractivity contribution in [1.29, 1.82) is 0 Å². The minimum absolute atomic E-state index is 0.901. The van der Waals surface area contributed by atoms with Crippen molar-refractivity contribution >= 4 is 21.4 Å². The maximum Gasteiger partial charge on any atom is 0.118 e. The Morgan fingerprint density at radius 3 is 2.19 bits per heavy atom. The highest BCUT2D eigenvalue weighted by molar-refractivity contribution is 7.22. The van der Waals surface area contributed by atoms with Gasteiger partial charge in [-0.15, -0.1) is 11.3 Å². The predicted octanol–water partition coefficient (Wildman–Crippen LogP) is 6.78. The van der Waals surface area contributed by atoms with Gasteiger partial charge in [-0.1, -0.05) is 54.1 Å². The number of hydrogen-bond acceptors (Lipinski definition) is 2. The second-order valence-corrected chi connectivity index (χ2v) is 7.85. The van der Waals surface area contributed by atoms with Crippen molar-refractivity contribution in [2.45, 2.75) is 20.3 Å². The summed E-state index contributed by atoms with van der Waals surface area (Å²) in [6.07, 6.45) is 0.927. The summed E-state index contributed by atoms with van der Waals surface area (Å²) >= 11 is 1.90. The van der Waals surface area contributed by atoms with E-state index in [0.717, 1.165) is 12.2 Å². The molecule has 0 unspecified atom stereocenters. The minimum Gasteiger partial charge on any atom is -0.497 e. The molecule has 0 spiro atoms. The molecule has 26 heavy (non-hydrogen) atoms. The van der Waals surface area contributed by atoms with Crippen molar-refractivity contribution in [2.24, 2.45) is 0 Å². The molecule has 1 aromatic heterocycles. The lowest BCUT2D eigenvalue weighted by Gasteiger charge is -2.07. The summed E-state index contributed by atoms with van der Waals surface area (Å²) in [6, 6.07) is 24.1. The zero-order valence-corrected chi connectivity index (χ0v) is 16.2. The van der Waals surface area contributed by atoms with Gasteiger partial charge in [-0.25, -0.2) is 0 Å². The zero-order chi connectivity index (χ0) is 18.1. The molecule has 2 heteroatoms. The molecule has 0 saturated heterocycles. The van der Waals surface area contributed by atoms with Crippen LogP contribution in [0.15, 0.2) is 66.7 Å². The Balaban J connectivity index is 1.84. The van der Waals surface area contributed by atoms with Gasteiger partial charge in [0, 0.05) is 9.58 Å². The van der Waals surface area contributed by atoms with E-state index in [1.165, 1.54) is 42.8 Å². The number of aryl methyl sites for hydroxylation is 2. The molecule has 0 saturated carbocycles. The molecule has 0 aliphatic carbocycles. The van der Waals surface area contributed by atoms with Gasteiger partial charge in [0.05, 0.1) is 7.11 Å². The first-order chi connectivity index (χ1) is 12.6. The molecule has 0 fully saturated rings. The van der Waals surface area contributed by atoms with Crippen LogP contribution in [0.4, 0.5) is 0 Å². The fraction of sp³-hybridized carbons (Fsp3) is 0.167. The van der Waals surface area contributed by atoms with Crippen molar-refractivity contribution in [3.8, 4) is 16.2 Å². The molecule has 0 amide bonds. The highest BCUT2D eigenvalue weighted by Crippen LogP contribution is 2.40. The summed E-state index contributed by atoms with van der Waals surface area (Å²) in [5.41, 5.74) is 6.63. The number of thiophene rings is 1. The third-order valence-electron chi connectivity index (χ3n) is 4.80. The maximum atomic E-state index is 5.29. The van der Waals surface area contributed by atoms with Gasteiger partial charge in [0.2, 0.25) is 0 Å². The standard InChI is InChI=1S/C24H22OS/c1-16-4-9-19(10-5-16)24-22(15-18-7-11-20(25-3)12-8-18)21-13-6-17(2)14-23(21)26-24/h4-14H,15H2,1-3H3. The second-order valence-electron chi connectivity index (χ2n) is 6.80. The van der Waals surface area contributed by atoms with Crippen LogP contribution in [0.2, 0.25) is 0 Å². The lowest BCUT2D eigenvalue weighted by molar-refractivity contribution is 0.414. The van der Waals surface area contributed by atoms with Crippen molar-refractivity contribution in [2.75, 3.05) is 7.11 Å². The molecule has 0 atom stereocenters. The molecule has 0 bridgehead atoms. The maximum absolute atomic E-state index is 5.29. The summed E-state index contributed by atoms with van der Waals surface area (Å²) in [4.78, 5) is 1.38. The first-order valence-corrected chi connectivity index (χ1v) is 9.67. The second kappa shape index (κ2) is 6.97. The van der Waals surface area contributed by atoms with Gasteiger partial charge in [0.25, 0.3) is 0 Å². The molecule has 1 nitrogen and oxygen atoms in total. The van der Waals surface area contributed by atoms with E-state index in [-0.39, 0.29) is 0 Å². The Morgan fingerprint density at radius 1 is 0.808 bits per heavy atom. The lowest BCUT2D eigenvalue weighted by atomic mass is 9.98. The van der Waals surface area contributed by atoms with Crippen molar-refractivity contribution in [3.63, 3.8) is 0 Å². The molecular formula is C24H22OS. The molecule has 3 aromatic carbocycles. The van der Waals surface area contributed by atoms with E-state index >= 15 is 0 Å². The Bertz CT molecular complexity index is 1040. The van der Waals surface area contributed by atoms with Crippen LogP contribution in [0, 0.1) is 13.8 Å². The molecule has 0 aliphatic rings. The fourth-order valence-corrected chi connectivity index (χ4v) is 4.64. The van der Waals surface area contributed by atoms with Crippen LogP contribution < -0.4 is 4.74 Å². The van der Waals surface area contributed by atoms with E-state index < -0.39 is 0 Å². The van der Waals surface area contributed by atoms with E-state index in [1.54, 1.807) is 7.11 Å². The number of rotatable bonds is 4. The van der Waals surface area contributed by atoms with Crippen LogP contribution in [0.1, 0.15) is 22.3 Å². The molecule has 0 N–H and O–H groups in total. The van der Waals surface area contributed by atoms with E-state index in [4.69, 9.17) is 4.74 Å². The van der Waals surface area contributed by atoms with Gasteiger partial charge in [-0.2, -0.15) is 0 Å². The average Bonchev–Trinajstić information content (AvgIpc) is 3.00. The first-order valence-electron chi connectivity index (χ1n) is 8.86. The van der Waals surface area contributed by atoms with Gasteiger partial charge in [0.15, 0.2) is 0 Å². The van der Waals surface area contributed by atoms with E-state index in [1.807, 2.05) is 23.5 Å². The van der Waals surface area contributed by atoms with E-state index in [9.17, 15) is 0 Å². The van der Waals surface area contributed by atoms with Crippen LogP contribution in [0.5, 0.6) is 5.75 Å². The van der Waals surface area contributed by atoms with Crippen molar-refractivity contribution in [1.82, 2.24) is 0 Å². The summed E-state index contributed by atoms with van der Waals surface area (Å²) in [5, 5.41) is 1.37. The molecule has 0 radical (unpaired) electrons. The van der Waals surface area contributed by atoms with Gasteiger partial charge in [0.1, 0.15) is 5.75 Å². The summed E-state index contributed by atoms with van der Waals surface area (Å²) in [7, 11) is 1.71. The topological polar surface area (TPSA) is 9.23 Å². The van der Waals surface area contributed by atoms with Gasteiger partial charge in [-0.3, -0.25) is 0 Å². The Hall–Kier alpha value is -2.58. The highest BCUT2D eigenvalue weighted by Gasteiger charge is 2.14. The Kier molecular flexibility index (Phi) is 4.52. The number of benzene rings is 3. The Labute approximate surface area is 158 Å². The lowest BCUT2D eigenvalue weighted by Crippen LogP contribution is -1.91. The van der Waals surface area contributed by atoms with E-state index in [2.05, 4.69) is 68.4 Å². The predicted molar refractivity (Wildman–Crippen MR) is 113 cm³/mol. The third kappa shape index (κ3) is 3.25. The van der Waals surface area contributed by atoms with Crippen LogP contribution in [0.3, 0.4) is 0 Å². The van der Waals surface area contributed by atoms with Crippen LogP contribution in [-0.2, 0) is 6.42 Å². The zero-order valence-electron chi connectivity index (χ0n) is 15.4. The molecule has 130 valence electrons. The molecule has 4 rings (SSSR count). The highest BCUT2D eigenvalue weighted by atomic mass is 32.1. The number of methoxy groups -OCH3 is 1. The SMILES string of the molecule is COc1ccc(Cc2c(-c3ccc(C)cc3)sc3cc(C)ccc23)cc1. The van der Waals surface area contributed by atoms with Gasteiger partial charge >= 0.3 is 0 Å². The normalized spacial score (nSPS) is 11.0. The van der Waals surface area contributed by atoms with Crippen LogP contribution in [-0.4, -0.2) is 7.11 Å². The summed E-state index contributed by atoms with van der Waals surface area (Å²) in [5.74, 6) is 0.901. The molecular weight excluding hydrogens is 336 g/mol. The van der Waals surface area contributed by atoms with Crippen molar-refractivity contribution < 1.29 is 4.74 Å². The fourth-order valence-electron chi connectivity index (χ4n) is 3.32. The smallest absolute Gasteiger partial charge is 0.118 e. The average molecular weight is 359 g/mol. The van der Waals surface area contributed by atoms with Gasteiger partial charge < -0.3 is 4.74 Å². The number of ether oxygens (including phenoxy) is 1. The first kappa shape index (κ1) is 16.9. The van der Waals surface area contributed by atoms with Gasteiger partial charge in [-0.05, 0) is 66.1 Å². The number of hydrogen-bond donors (Lipinski definition) is 0. The minimum atomic E-state index is 0.901. The number of fused-ring (bicyclic) bond motifs is 1. The molecule has 4 aromatic rings. The monoisotopic (exact) mass is 358 g/mol.